The third kappa shape index (κ3) is 4.60. The first-order valence-corrected chi connectivity index (χ1v) is 12.5. The molecule has 4 heteroatoms. The second-order valence-electron chi connectivity index (χ2n) is 11.0. The third-order valence-corrected chi connectivity index (χ3v) is 8.13. The highest BCUT2D eigenvalue weighted by Gasteiger charge is 2.63. The van der Waals surface area contributed by atoms with Crippen molar-refractivity contribution in [1.29, 1.82) is 0 Å². The number of hydrogen-bond donors (Lipinski definition) is 0. The summed E-state index contributed by atoms with van der Waals surface area (Å²) in [5.74, 6) is 0.458. The monoisotopic (exact) mass is 453 g/mol. The van der Waals surface area contributed by atoms with Gasteiger partial charge < -0.3 is 9.31 Å². The van der Waals surface area contributed by atoms with Crippen LogP contribution in [0.15, 0.2) is 91.0 Å². The summed E-state index contributed by atoms with van der Waals surface area (Å²) in [7, 11) is -0.215. The lowest BCUT2D eigenvalue weighted by molar-refractivity contribution is 0.00578. The molecule has 1 heterocycles. The minimum absolute atomic E-state index is 0.0196. The molecule has 0 bridgehead atoms. The highest BCUT2D eigenvalue weighted by atomic mass is 16.7. The van der Waals surface area contributed by atoms with E-state index in [1.54, 1.807) is 0 Å². The standard InChI is InChI=1S/C30H36BNO2/c1-28(2)29(3,4)34-31(33-28)23-30(20-27(30)26-18-12-7-13-19-26)32(21-24-14-8-5-9-15-24)22-25-16-10-6-11-17-25/h5-19,27H,20-23H2,1-4H3/t27-,30-/m0/s1. The molecule has 0 aromatic heterocycles. The first kappa shape index (κ1) is 23.4. The Morgan fingerprint density at radius 1 is 0.706 bits per heavy atom. The van der Waals surface area contributed by atoms with Crippen molar-refractivity contribution in [2.24, 2.45) is 0 Å². The summed E-state index contributed by atoms with van der Waals surface area (Å²) in [6, 6.07) is 32.7. The van der Waals surface area contributed by atoms with E-state index in [2.05, 4.69) is 124 Å². The predicted octanol–water partition coefficient (Wildman–Crippen LogP) is 6.71. The molecule has 3 nitrogen and oxygen atoms in total. The zero-order valence-electron chi connectivity index (χ0n) is 20.9. The van der Waals surface area contributed by atoms with E-state index in [1.165, 1.54) is 16.7 Å². The van der Waals surface area contributed by atoms with Crippen molar-refractivity contribution in [3.63, 3.8) is 0 Å². The van der Waals surface area contributed by atoms with Gasteiger partial charge in [0.2, 0.25) is 0 Å². The lowest BCUT2D eigenvalue weighted by Crippen LogP contribution is -2.41. The lowest BCUT2D eigenvalue weighted by Gasteiger charge is -2.34. The van der Waals surface area contributed by atoms with Crippen LogP contribution in [0.5, 0.6) is 0 Å². The van der Waals surface area contributed by atoms with Gasteiger partial charge in [-0.05, 0) is 50.8 Å². The highest BCUT2D eigenvalue weighted by molar-refractivity contribution is 6.46. The van der Waals surface area contributed by atoms with E-state index in [0.29, 0.717) is 5.92 Å². The van der Waals surface area contributed by atoms with Crippen LogP contribution in [-0.4, -0.2) is 28.8 Å². The van der Waals surface area contributed by atoms with Gasteiger partial charge >= 0.3 is 7.12 Å². The SMILES string of the molecule is CC1(C)OB(C[C@@]2(N(Cc3ccccc3)Cc3ccccc3)C[C@H]2c2ccccc2)OC1(C)C. The Bertz CT molecular complexity index is 1030. The van der Waals surface area contributed by atoms with Crippen LogP contribution >= 0.6 is 0 Å². The Kier molecular flexibility index (Phi) is 6.18. The predicted molar refractivity (Wildman–Crippen MR) is 140 cm³/mol. The van der Waals surface area contributed by atoms with Crippen molar-refractivity contribution in [3.05, 3.63) is 108 Å². The fourth-order valence-corrected chi connectivity index (χ4v) is 5.43. The minimum atomic E-state index is -0.320. The minimum Gasteiger partial charge on any atom is -0.403 e. The van der Waals surface area contributed by atoms with Crippen LogP contribution in [-0.2, 0) is 22.4 Å². The molecule has 0 N–H and O–H groups in total. The Hall–Kier alpha value is -2.40. The van der Waals surface area contributed by atoms with Crippen molar-refractivity contribution in [3.8, 4) is 0 Å². The molecule has 0 radical (unpaired) electrons. The molecule has 3 aromatic carbocycles. The van der Waals surface area contributed by atoms with E-state index in [1.807, 2.05) is 0 Å². The smallest absolute Gasteiger partial charge is 0.403 e. The van der Waals surface area contributed by atoms with Crippen LogP contribution in [0.3, 0.4) is 0 Å². The summed E-state index contributed by atoms with van der Waals surface area (Å²) < 4.78 is 13.1. The summed E-state index contributed by atoms with van der Waals surface area (Å²) in [6.45, 7) is 10.4. The van der Waals surface area contributed by atoms with E-state index >= 15 is 0 Å². The molecule has 1 saturated carbocycles. The van der Waals surface area contributed by atoms with Gasteiger partial charge in [0, 0.05) is 30.9 Å². The quantitative estimate of drug-likeness (QED) is 0.354. The van der Waals surface area contributed by atoms with Gasteiger partial charge in [-0.15, -0.1) is 0 Å². The molecule has 34 heavy (non-hydrogen) atoms. The van der Waals surface area contributed by atoms with Crippen molar-refractivity contribution >= 4 is 7.12 Å². The second kappa shape index (κ2) is 9.00. The molecule has 1 aliphatic heterocycles. The Labute approximate surface area is 205 Å². The van der Waals surface area contributed by atoms with E-state index in [-0.39, 0.29) is 23.9 Å². The zero-order valence-corrected chi connectivity index (χ0v) is 20.9. The molecule has 0 spiro atoms. The summed E-state index contributed by atoms with van der Waals surface area (Å²) in [6.07, 6.45) is 1.97. The Balaban J connectivity index is 1.50. The van der Waals surface area contributed by atoms with Crippen LogP contribution < -0.4 is 0 Å². The summed E-state index contributed by atoms with van der Waals surface area (Å²) in [5, 5.41) is 0. The second-order valence-corrected chi connectivity index (χ2v) is 11.0. The van der Waals surface area contributed by atoms with Crippen molar-refractivity contribution in [1.82, 2.24) is 4.90 Å². The van der Waals surface area contributed by atoms with E-state index in [4.69, 9.17) is 9.31 Å². The van der Waals surface area contributed by atoms with E-state index in [0.717, 1.165) is 25.8 Å². The normalized spacial score (nSPS) is 25.0. The average Bonchev–Trinajstić information content (AvgIpc) is 3.50. The molecule has 2 atom stereocenters. The number of benzene rings is 3. The van der Waals surface area contributed by atoms with Crippen molar-refractivity contribution in [2.75, 3.05) is 0 Å². The maximum atomic E-state index is 6.53. The maximum absolute atomic E-state index is 6.53. The summed E-state index contributed by atoms with van der Waals surface area (Å²) in [4.78, 5) is 2.68. The summed E-state index contributed by atoms with van der Waals surface area (Å²) in [5.41, 5.74) is 3.43. The van der Waals surface area contributed by atoms with Crippen LogP contribution in [0.2, 0.25) is 6.32 Å². The van der Waals surface area contributed by atoms with Crippen LogP contribution in [0.4, 0.5) is 0 Å². The van der Waals surface area contributed by atoms with Gasteiger partial charge in [-0.2, -0.15) is 0 Å². The maximum Gasteiger partial charge on any atom is 0.459 e. The number of rotatable bonds is 8. The van der Waals surface area contributed by atoms with Gasteiger partial charge in [0.15, 0.2) is 0 Å². The average molecular weight is 453 g/mol. The van der Waals surface area contributed by atoms with Crippen molar-refractivity contribution < 1.29 is 9.31 Å². The van der Waals surface area contributed by atoms with Gasteiger partial charge in [-0.25, -0.2) is 0 Å². The first-order valence-electron chi connectivity index (χ1n) is 12.5. The van der Waals surface area contributed by atoms with Crippen LogP contribution in [0, 0.1) is 0 Å². The highest BCUT2D eigenvalue weighted by Crippen LogP contribution is 2.60. The third-order valence-electron chi connectivity index (χ3n) is 8.13. The molecule has 0 unspecified atom stereocenters. The number of nitrogens with zero attached hydrogens (tertiary/aromatic N) is 1. The van der Waals surface area contributed by atoms with Gasteiger partial charge in [0.25, 0.3) is 0 Å². The fraction of sp³-hybridized carbons (Fsp3) is 0.400. The molecule has 2 fully saturated rings. The van der Waals surface area contributed by atoms with Gasteiger partial charge in [-0.1, -0.05) is 91.0 Å². The topological polar surface area (TPSA) is 21.7 Å². The van der Waals surface area contributed by atoms with E-state index in [9.17, 15) is 0 Å². The molecule has 2 aliphatic rings. The Morgan fingerprint density at radius 3 is 1.62 bits per heavy atom. The number of hydrogen-bond acceptors (Lipinski definition) is 3. The summed E-state index contributed by atoms with van der Waals surface area (Å²) >= 11 is 0. The first-order chi connectivity index (χ1) is 16.3. The van der Waals surface area contributed by atoms with Crippen LogP contribution in [0.25, 0.3) is 0 Å². The Morgan fingerprint density at radius 2 is 1.15 bits per heavy atom. The van der Waals surface area contributed by atoms with E-state index < -0.39 is 0 Å². The molecule has 1 aliphatic carbocycles. The van der Waals surface area contributed by atoms with Gasteiger partial charge in [0.05, 0.1) is 11.2 Å². The molecule has 5 rings (SSSR count). The molecule has 1 saturated heterocycles. The molecular weight excluding hydrogens is 417 g/mol. The van der Waals surface area contributed by atoms with Crippen molar-refractivity contribution in [2.45, 2.75) is 76.2 Å². The van der Waals surface area contributed by atoms with Gasteiger partial charge in [0.1, 0.15) is 0 Å². The zero-order chi connectivity index (χ0) is 23.8. The molecule has 3 aromatic rings. The molecule has 0 amide bonds. The lowest BCUT2D eigenvalue weighted by atomic mass is 9.76. The largest absolute Gasteiger partial charge is 0.459 e. The van der Waals surface area contributed by atoms with Crippen LogP contribution in [0.1, 0.15) is 56.7 Å². The fourth-order valence-electron chi connectivity index (χ4n) is 5.43. The molecular formula is C30H36BNO2. The molecule has 176 valence electrons. The van der Waals surface area contributed by atoms with Gasteiger partial charge in [-0.3, -0.25) is 4.90 Å².